The fraction of sp³-hybridized carbons (Fsp3) is 0.583. The van der Waals surface area contributed by atoms with Gasteiger partial charge in [-0.05, 0) is 98.8 Å². The normalized spacial score (nSPS) is 28.9. The summed E-state index contributed by atoms with van der Waals surface area (Å²) >= 11 is 0. The van der Waals surface area contributed by atoms with Crippen LogP contribution >= 0.6 is 0 Å². The van der Waals surface area contributed by atoms with Crippen molar-refractivity contribution < 1.29 is 4.39 Å². The van der Waals surface area contributed by atoms with Gasteiger partial charge < -0.3 is 0 Å². The van der Waals surface area contributed by atoms with Crippen LogP contribution in [0.2, 0.25) is 0 Å². The van der Waals surface area contributed by atoms with Gasteiger partial charge in [-0.1, -0.05) is 25.0 Å². The molecule has 1 aromatic carbocycles. The molecule has 0 aliphatic heterocycles. The van der Waals surface area contributed by atoms with Crippen LogP contribution in [0, 0.1) is 40.4 Å². The molecular formula is C24H29FN2. The first-order chi connectivity index (χ1) is 13.2. The highest BCUT2D eigenvalue weighted by Crippen LogP contribution is 2.40. The molecule has 2 aliphatic carbocycles. The SMILES string of the molecule is N#CC(F)=CC1CCC(CCC2CCC(c3ccc(C#N)cc3)CC2)CC1. The molecule has 1 aromatic rings. The molecule has 0 amide bonds. The van der Waals surface area contributed by atoms with Crippen LogP contribution in [-0.2, 0) is 0 Å². The number of hydrogen-bond donors (Lipinski definition) is 0. The van der Waals surface area contributed by atoms with Crippen LogP contribution in [0.15, 0.2) is 36.2 Å². The molecule has 3 rings (SSSR count). The van der Waals surface area contributed by atoms with Gasteiger partial charge in [-0.2, -0.15) is 14.9 Å². The molecule has 2 saturated carbocycles. The van der Waals surface area contributed by atoms with E-state index in [4.69, 9.17) is 10.5 Å². The number of hydrogen-bond acceptors (Lipinski definition) is 2. The minimum atomic E-state index is -0.613. The minimum Gasteiger partial charge on any atom is -0.195 e. The van der Waals surface area contributed by atoms with Crippen LogP contribution < -0.4 is 0 Å². The van der Waals surface area contributed by atoms with Crippen molar-refractivity contribution in [1.82, 2.24) is 0 Å². The molecule has 142 valence electrons. The molecule has 0 bridgehead atoms. The highest BCUT2D eigenvalue weighted by molar-refractivity contribution is 5.33. The van der Waals surface area contributed by atoms with Crippen molar-refractivity contribution in [3.05, 3.63) is 47.3 Å². The molecule has 0 spiro atoms. The van der Waals surface area contributed by atoms with Crippen molar-refractivity contribution >= 4 is 0 Å². The Morgan fingerprint density at radius 3 is 1.96 bits per heavy atom. The van der Waals surface area contributed by atoms with Gasteiger partial charge in [-0.25, -0.2) is 0 Å². The molecular weight excluding hydrogens is 335 g/mol. The predicted molar refractivity (Wildman–Crippen MR) is 105 cm³/mol. The van der Waals surface area contributed by atoms with Gasteiger partial charge in [0.05, 0.1) is 11.6 Å². The monoisotopic (exact) mass is 364 g/mol. The lowest BCUT2D eigenvalue weighted by atomic mass is 9.74. The Labute approximate surface area is 162 Å². The maximum Gasteiger partial charge on any atom is 0.196 e. The quantitative estimate of drug-likeness (QED) is 0.540. The van der Waals surface area contributed by atoms with Crippen LogP contribution in [0.3, 0.4) is 0 Å². The van der Waals surface area contributed by atoms with Gasteiger partial charge in [0.1, 0.15) is 6.07 Å². The summed E-state index contributed by atoms with van der Waals surface area (Å²) in [5.74, 6) is 1.96. The third kappa shape index (κ3) is 5.67. The Morgan fingerprint density at radius 1 is 0.889 bits per heavy atom. The Kier molecular flexibility index (Phi) is 7.05. The Balaban J connectivity index is 1.36. The van der Waals surface area contributed by atoms with Gasteiger partial charge in [0.2, 0.25) is 0 Å². The predicted octanol–water partition coefficient (Wildman–Crippen LogP) is 6.80. The summed E-state index contributed by atoms with van der Waals surface area (Å²) < 4.78 is 13.1. The highest BCUT2D eigenvalue weighted by Gasteiger charge is 2.25. The molecule has 0 N–H and O–H groups in total. The van der Waals surface area contributed by atoms with Crippen molar-refractivity contribution in [2.45, 2.75) is 70.1 Å². The van der Waals surface area contributed by atoms with Gasteiger partial charge in [0, 0.05) is 0 Å². The summed E-state index contributed by atoms with van der Waals surface area (Å²) in [5.41, 5.74) is 2.14. The summed E-state index contributed by atoms with van der Waals surface area (Å²) in [6.07, 6.45) is 13.8. The van der Waals surface area contributed by atoms with Crippen LogP contribution in [-0.4, -0.2) is 0 Å². The average molecular weight is 365 g/mol. The smallest absolute Gasteiger partial charge is 0.195 e. The fourth-order valence-electron chi connectivity index (χ4n) is 4.97. The number of allylic oxidation sites excluding steroid dienone is 2. The minimum absolute atomic E-state index is 0.267. The van der Waals surface area contributed by atoms with E-state index in [-0.39, 0.29) is 5.92 Å². The lowest BCUT2D eigenvalue weighted by Crippen LogP contribution is -2.17. The second-order valence-corrected chi connectivity index (χ2v) is 8.44. The van der Waals surface area contributed by atoms with Crippen LogP contribution in [0.1, 0.15) is 81.3 Å². The van der Waals surface area contributed by atoms with Gasteiger partial charge in [0.15, 0.2) is 5.83 Å². The summed E-state index contributed by atoms with van der Waals surface area (Å²) in [6, 6.07) is 11.9. The second-order valence-electron chi connectivity index (χ2n) is 8.44. The van der Waals surface area contributed by atoms with Crippen LogP contribution in [0.4, 0.5) is 4.39 Å². The summed E-state index contributed by atoms with van der Waals surface area (Å²) in [5, 5.41) is 17.5. The van der Waals surface area contributed by atoms with E-state index in [0.29, 0.717) is 5.92 Å². The lowest BCUT2D eigenvalue weighted by Gasteiger charge is -2.31. The molecule has 27 heavy (non-hydrogen) atoms. The van der Waals surface area contributed by atoms with E-state index in [9.17, 15) is 4.39 Å². The van der Waals surface area contributed by atoms with Gasteiger partial charge in [0.25, 0.3) is 0 Å². The first-order valence-corrected chi connectivity index (χ1v) is 10.5. The van der Waals surface area contributed by atoms with E-state index in [1.165, 1.54) is 63.0 Å². The average Bonchev–Trinajstić information content (AvgIpc) is 2.73. The zero-order valence-electron chi connectivity index (χ0n) is 16.0. The number of nitrogens with zero attached hydrogens (tertiary/aromatic N) is 2. The first-order valence-electron chi connectivity index (χ1n) is 10.5. The van der Waals surface area contributed by atoms with Crippen molar-refractivity contribution in [3.8, 4) is 12.1 Å². The van der Waals surface area contributed by atoms with Crippen LogP contribution in [0.5, 0.6) is 0 Å². The van der Waals surface area contributed by atoms with Crippen molar-refractivity contribution in [2.75, 3.05) is 0 Å². The number of nitriles is 2. The van der Waals surface area contributed by atoms with Gasteiger partial charge >= 0.3 is 0 Å². The van der Waals surface area contributed by atoms with Gasteiger partial charge in [-0.3, -0.25) is 0 Å². The maximum atomic E-state index is 13.1. The summed E-state index contributed by atoms with van der Waals surface area (Å²) in [4.78, 5) is 0. The van der Waals surface area contributed by atoms with E-state index in [1.54, 1.807) is 6.07 Å². The standard InChI is InChI=1S/C24H29FN2/c25-24(17-27)15-20-5-3-18(4-6-20)1-2-19-7-11-22(12-8-19)23-13-9-21(16-26)10-14-23/h9-10,13-15,18-20,22H,1-8,11-12H2. The molecule has 3 heteroatoms. The molecule has 0 atom stereocenters. The third-order valence-electron chi connectivity index (χ3n) is 6.72. The maximum absolute atomic E-state index is 13.1. The molecule has 0 saturated heterocycles. The van der Waals surface area contributed by atoms with E-state index in [2.05, 4.69) is 18.2 Å². The van der Waals surface area contributed by atoms with Crippen molar-refractivity contribution in [2.24, 2.45) is 17.8 Å². The summed E-state index contributed by atoms with van der Waals surface area (Å²) in [7, 11) is 0. The van der Waals surface area contributed by atoms with Crippen LogP contribution in [0.25, 0.3) is 0 Å². The fourth-order valence-corrected chi connectivity index (χ4v) is 4.97. The lowest BCUT2D eigenvalue weighted by molar-refractivity contribution is 0.245. The largest absolute Gasteiger partial charge is 0.196 e. The summed E-state index contributed by atoms with van der Waals surface area (Å²) in [6.45, 7) is 0. The zero-order chi connectivity index (χ0) is 19.1. The Morgan fingerprint density at radius 2 is 1.44 bits per heavy atom. The van der Waals surface area contributed by atoms with E-state index in [1.807, 2.05) is 12.1 Å². The first kappa shape index (κ1) is 19.6. The molecule has 0 unspecified atom stereocenters. The highest BCUT2D eigenvalue weighted by atomic mass is 19.1. The molecule has 2 fully saturated rings. The number of rotatable bonds is 5. The Bertz CT molecular complexity index is 706. The molecule has 2 aliphatic rings. The molecule has 0 heterocycles. The zero-order valence-corrected chi connectivity index (χ0v) is 16.0. The number of halogens is 1. The topological polar surface area (TPSA) is 47.6 Å². The Hall–Kier alpha value is -2.13. The second kappa shape index (κ2) is 9.70. The van der Waals surface area contributed by atoms with Gasteiger partial charge in [-0.15, -0.1) is 0 Å². The third-order valence-corrected chi connectivity index (χ3v) is 6.72. The van der Waals surface area contributed by atoms with E-state index in [0.717, 1.165) is 30.2 Å². The van der Waals surface area contributed by atoms with E-state index >= 15 is 0 Å². The van der Waals surface area contributed by atoms with E-state index < -0.39 is 5.83 Å². The molecule has 0 radical (unpaired) electrons. The molecule has 0 aromatic heterocycles. The van der Waals surface area contributed by atoms with Crippen molar-refractivity contribution in [3.63, 3.8) is 0 Å². The number of benzene rings is 1. The van der Waals surface area contributed by atoms with Crippen molar-refractivity contribution in [1.29, 1.82) is 10.5 Å². The molecule has 2 nitrogen and oxygen atoms in total.